The first kappa shape index (κ1) is 15.1. The zero-order valence-corrected chi connectivity index (χ0v) is 12.6. The first-order valence-corrected chi connectivity index (χ1v) is 7.48. The van der Waals surface area contributed by atoms with Crippen molar-refractivity contribution in [2.45, 2.75) is 25.8 Å². The third kappa shape index (κ3) is 3.61. The molecule has 1 atom stereocenters. The topological polar surface area (TPSA) is 54.6 Å². The molecule has 112 valence electrons. The van der Waals surface area contributed by atoms with Crippen LogP contribution >= 0.6 is 0 Å². The molecule has 0 radical (unpaired) electrons. The highest BCUT2D eigenvalue weighted by Gasteiger charge is 2.23. The van der Waals surface area contributed by atoms with Gasteiger partial charge in [0.05, 0.1) is 7.11 Å². The summed E-state index contributed by atoms with van der Waals surface area (Å²) in [7, 11) is 1.66. The van der Waals surface area contributed by atoms with Gasteiger partial charge in [-0.1, -0.05) is 13.0 Å². The minimum atomic E-state index is 0.625. The van der Waals surface area contributed by atoms with Crippen LogP contribution in [0.25, 0.3) is 0 Å². The number of ether oxygens (including phenoxy) is 1. The van der Waals surface area contributed by atoms with E-state index in [0.717, 1.165) is 45.0 Å². The van der Waals surface area contributed by atoms with Crippen molar-refractivity contribution in [3.8, 4) is 5.88 Å². The first-order chi connectivity index (χ1) is 9.78. The Kier molecular flexibility index (Phi) is 5.61. The SMILES string of the molecule is CCC(CCN)N1CCN(c2cccc(OC)n2)CC1. The fraction of sp³-hybridized carbons (Fsp3) is 0.667. The van der Waals surface area contributed by atoms with Crippen LogP contribution in [-0.4, -0.2) is 55.8 Å². The van der Waals surface area contributed by atoms with Crippen molar-refractivity contribution in [1.29, 1.82) is 0 Å². The number of hydrogen-bond donors (Lipinski definition) is 1. The van der Waals surface area contributed by atoms with Gasteiger partial charge in [-0.2, -0.15) is 4.98 Å². The van der Waals surface area contributed by atoms with Gasteiger partial charge in [-0.05, 0) is 25.5 Å². The molecule has 2 rings (SSSR count). The quantitative estimate of drug-likeness (QED) is 0.851. The second kappa shape index (κ2) is 7.45. The number of hydrogen-bond acceptors (Lipinski definition) is 5. The molecule has 1 saturated heterocycles. The lowest BCUT2D eigenvalue weighted by Gasteiger charge is -2.39. The molecule has 5 nitrogen and oxygen atoms in total. The molecule has 1 unspecified atom stereocenters. The zero-order valence-electron chi connectivity index (χ0n) is 12.6. The molecular weight excluding hydrogens is 252 g/mol. The highest BCUT2D eigenvalue weighted by atomic mass is 16.5. The van der Waals surface area contributed by atoms with E-state index >= 15 is 0 Å². The number of nitrogens with zero attached hydrogens (tertiary/aromatic N) is 3. The molecule has 0 aliphatic carbocycles. The lowest BCUT2D eigenvalue weighted by atomic mass is 10.1. The van der Waals surface area contributed by atoms with Crippen molar-refractivity contribution in [1.82, 2.24) is 9.88 Å². The standard InChI is InChI=1S/C15H26N4O/c1-3-13(7-8-16)18-9-11-19(12-10-18)14-5-4-6-15(17-14)20-2/h4-6,13H,3,7-12,16H2,1-2H3. The Bertz CT molecular complexity index is 405. The Morgan fingerprint density at radius 3 is 2.65 bits per heavy atom. The smallest absolute Gasteiger partial charge is 0.214 e. The minimum Gasteiger partial charge on any atom is -0.481 e. The van der Waals surface area contributed by atoms with E-state index < -0.39 is 0 Å². The Balaban J connectivity index is 1.93. The van der Waals surface area contributed by atoms with E-state index in [1.165, 1.54) is 6.42 Å². The van der Waals surface area contributed by atoms with Crippen LogP contribution in [0.3, 0.4) is 0 Å². The van der Waals surface area contributed by atoms with Crippen LogP contribution in [0.1, 0.15) is 19.8 Å². The molecule has 1 fully saturated rings. The summed E-state index contributed by atoms with van der Waals surface area (Å²) in [4.78, 5) is 9.39. The minimum absolute atomic E-state index is 0.625. The predicted molar refractivity (Wildman–Crippen MR) is 82.3 cm³/mol. The molecule has 0 aromatic carbocycles. The van der Waals surface area contributed by atoms with Crippen molar-refractivity contribution in [3.05, 3.63) is 18.2 Å². The molecule has 1 aliphatic rings. The number of pyridine rings is 1. The van der Waals surface area contributed by atoms with E-state index in [2.05, 4.69) is 27.8 Å². The van der Waals surface area contributed by atoms with Gasteiger partial charge in [-0.25, -0.2) is 0 Å². The van der Waals surface area contributed by atoms with E-state index in [9.17, 15) is 0 Å². The van der Waals surface area contributed by atoms with Crippen LogP contribution in [0.15, 0.2) is 18.2 Å². The normalized spacial score (nSPS) is 18.1. The molecule has 0 bridgehead atoms. The lowest BCUT2D eigenvalue weighted by molar-refractivity contribution is 0.173. The van der Waals surface area contributed by atoms with E-state index in [0.29, 0.717) is 11.9 Å². The lowest BCUT2D eigenvalue weighted by Crippen LogP contribution is -2.50. The first-order valence-electron chi connectivity index (χ1n) is 7.48. The summed E-state index contributed by atoms with van der Waals surface area (Å²) in [5.41, 5.74) is 5.70. The van der Waals surface area contributed by atoms with Gasteiger partial charge >= 0.3 is 0 Å². The second-order valence-electron chi connectivity index (χ2n) is 5.20. The summed E-state index contributed by atoms with van der Waals surface area (Å²) in [6.45, 7) is 7.21. The number of piperazine rings is 1. The number of methoxy groups -OCH3 is 1. The third-order valence-corrected chi connectivity index (χ3v) is 4.04. The van der Waals surface area contributed by atoms with E-state index in [1.807, 2.05) is 12.1 Å². The van der Waals surface area contributed by atoms with Gasteiger partial charge < -0.3 is 15.4 Å². The number of anilines is 1. The van der Waals surface area contributed by atoms with Crippen molar-refractivity contribution in [3.63, 3.8) is 0 Å². The maximum Gasteiger partial charge on any atom is 0.214 e. The van der Waals surface area contributed by atoms with E-state index in [1.54, 1.807) is 7.11 Å². The van der Waals surface area contributed by atoms with Crippen molar-refractivity contribution in [2.24, 2.45) is 5.73 Å². The van der Waals surface area contributed by atoms with Crippen LogP contribution in [-0.2, 0) is 0 Å². The van der Waals surface area contributed by atoms with Gasteiger partial charge in [0, 0.05) is 38.3 Å². The monoisotopic (exact) mass is 278 g/mol. The summed E-state index contributed by atoms with van der Waals surface area (Å²) in [5, 5.41) is 0. The third-order valence-electron chi connectivity index (χ3n) is 4.04. The number of nitrogens with two attached hydrogens (primary N) is 1. The van der Waals surface area contributed by atoms with Gasteiger partial charge in [0.15, 0.2) is 0 Å². The Morgan fingerprint density at radius 1 is 1.30 bits per heavy atom. The Labute approximate surface area is 121 Å². The summed E-state index contributed by atoms with van der Waals surface area (Å²) < 4.78 is 5.19. The molecule has 2 N–H and O–H groups in total. The molecule has 2 heterocycles. The molecule has 0 saturated carbocycles. The van der Waals surface area contributed by atoms with Crippen molar-refractivity contribution < 1.29 is 4.74 Å². The van der Waals surface area contributed by atoms with Gasteiger partial charge in [0.25, 0.3) is 0 Å². The van der Waals surface area contributed by atoms with Gasteiger partial charge in [0.1, 0.15) is 5.82 Å². The van der Waals surface area contributed by atoms with Crippen LogP contribution in [0.2, 0.25) is 0 Å². The predicted octanol–water partition coefficient (Wildman–Crippen LogP) is 1.34. The average Bonchev–Trinajstić information content (AvgIpc) is 2.53. The van der Waals surface area contributed by atoms with Gasteiger partial charge in [-0.15, -0.1) is 0 Å². The van der Waals surface area contributed by atoms with Gasteiger partial charge in [0.2, 0.25) is 5.88 Å². The fourth-order valence-corrected chi connectivity index (χ4v) is 2.85. The number of rotatable bonds is 6. The maximum absolute atomic E-state index is 5.70. The highest BCUT2D eigenvalue weighted by molar-refractivity contribution is 5.41. The number of aromatic nitrogens is 1. The summed E-state index contributed by atoms with van der Waals surface area (Å²) in [6.07, 6.45) is 2.27. The fourth-order valence-electron chi connectivity index (χ4n) is 2.85. The Morgan fingerprint density at radius 2 is 2.05 bits per heavy atom. The second-order valence-corrected chi connectivity index (χ2v) is 5.20. The molecule has 1 aliphatic heterocycles. The average molecular weight is 278 g/mol. The van der Waals surface area contributed by atoms with E-state index in [4.69, 9.17) is 10.5 Å². The largest absolute Gasteiger partial charge is 0.481 e. The Hall–Kier alpha value is -1.33. The molecule has 20 heavy (non-hydrogen) atoms. The highest BCUT2D eigenvalue weighted by Crippen LogP contribution is 2.19. The van der Waals surface area contributed by atoms with Crippen molar-refractivity contribution in [2.75, 3.05) is 44.7 Å². The molecule has 0 spiro atoms. The molecule has 0 amide bonds. The van der Waals surface area contributed by atoms with Crippen LogP contribution in [0.4, 0.5) is 5.82 Å². The summed E-state index contributed by atoms with van der Waals surface area (Å²) in [6, 6.07) is 6.56. The maximum atomic E-state index is 5.70. The van der Waals surface area contributed by atoms with Crippen LogP contribution < -0.4 is 15.4 Å². The van der Waals surface area contributed by atoms with Crippen LogP contribution in [0.5, 0.6) is 5.88 Å². The molecule has 1 aromatic heterocycles. The molecule has 1 aromatic rings. The van der Waals surface area contributed by atoms with E-state index in [-0.39, 0.29) is 0 Å². The molecule has 5 heteroatoms. The van der Waals surface area contributed by atoms with Crippen LogP contribution in [0, 0.1) is 0 Å². The van der Waals surface area contributed by atoms with Gasteiger partial charge in [-0.3, -0.25) is 4.90 Å². The van der Waals surface area contributed by atoms with Crippen molar-refractivity contribution >= 4 is 5.82 Å². The summed E-state index contributed by atoms with van der Waals surface area (Å²) in [5.74, 6) is 1.69. The zero-order chi connectivity index (χ0) is 14.4. The molecular formula is C15H26N4O. The summed E-state index contributed by atoms with van der Waals surface area (Å²) >= 11 is 0.